The quantitative estimate of drug-likeness (QED) is 0.0660. The summed E-state index contributed by atoms with van der Waals surface area (Å²) in [5.74, 6) is 0. The highest BCUT2D eigenvalue weighted by molar-refractivity contribution is 7.87. The molecule has 56 heavy (non-hydrogen) atoms. The number of aryl methyl sites for hydroxylation is 4. The predicted octanol–water partition coefficient (Wildman–Crippen LogP) is 5.86. The molecule has 294 valence electrons. The van der Waals surface area contributed by atoms with Crippen molar-refractivity contribution in [2.75, 3.05) is 0 Å². The Morgan fingerprint density at radius 3 is 1.20 bits per heavy atom. The third kappa shape index (κ3) is 5.49. The van der Waals surface area contributed by atoms with Crippen molar-refractivity contribution in [3.8, 4) is 11.1 Å². The van der Waals surface area contributed by atoms with E-state index in [1.54, 1.807) is 48.5 Å². The van der Waals surface area contributed by atoms with E-state index >= 15 is 0 Å². The lowest BCUT2D eigenvalue weighted by Gasteiger charge is -2.43. The minimum absolute atomic E-state index is 0.0291. The van der Waals surface area contributed by atoms with Crippen LogP contribution in [0.3, 0.4) is 0 Å². The summed E-state index contributed by atoms with van der Waals surface area (Å²) in [7, 11) is -10.3. The fourth-order valence-electron chi connectivity index (χ4n) is 9.02. The van der Waals surface area contributed by atoms with Gasteiger partial charge in [-0.2, -0.15) is 27.1 Å². The van der Waals surface area contributed by atoms with Crippen LogP contribution in [0.15, 0.2) is 94.4 Å². The third-order valence-corrected chi connectivity index (χ3v) is 14.5. The van der Waals surface area contributed by atoms with Crippen LogP contribution in [-0.4, -0.2) is 38.0 Å². The van der Waals surface area contributed by atoms with Gasteiger partial charge in [0, 0.05) is 11.1 Å². The van der Waals surface area contributed by atoms with E-state index in [0.29, 0.717) is 33.4 Å². The van der Waals surface area contributed by atoms with E-state index < -0.39 is 41.8 Å². The molecule has 2 aliphatic rings. The molecular weight excluding hydrogens is 753 g/mol. The third-order valence-electron chi connectivity index (χ3n) is 11.5. The van der Waals surface area contributed by atoms with Crippen molar-refractivity contribution in [3.63, 3.8) is 0 Å². The zero-order chi connectivity index (χ0) is 42.5. The first-order valence-electron chi connectivity index (χ1n) is 19.0. The fourth-order valence-corrected chi connectivity index (χ4v) is 11.8. The first-order valence-corrected chi connectivity index (χ1v) is 21.0. The summed E-state index contributed by atoms with van der Waals surface area (Å²) in [5.41, 5.74) is 37.3. The van der Waals surface area contributed by atoms with E-state index in [9.17, 15) is 25.9 Å². The smallest absolute Gasteiger partial charge is 0.281 e. The molecule has 0 bridgehead atoms. The molecule has 0 aromatic heterocycles. The zero-order valence-corrected chi connectivity index (χ0v) is 33.0. The molecule has 4 aromatic rings. The molecule has 0 aliphatic heterocycles. The van der Waals surface area contributed by atoms with Gasteiger partial charge in [0.05, 0.1) is 23.5 Å². The summed E-state index contributed by atoms with van der Waals surface area (Å²) in [6.45, 7) is 7.37. The van der Waals surface area contributed by atoms with Crippen LogP contribution in [0.1, 0.15) is 83.3 Å². The Balaban J connectivity index is 1.69. The Kier molecular flexibility index (Phi) is 9.75. The molecule has 0 spiro atoms. The van der Waals surface area contributed by atoms with Crippen molar-refractivity contribution in [2.45, 2.75) is 75.0 Å². The highest BCUT2D eigenvalue weighted by atomic mass is 32.2. The standard InChI is InChI=1S/C40H46N8O6S2/c1-5-21-17-25(18-22(6-2)31(21)39(55(49,50)51)29-15-11-9-13-27(29)33(41)35(47-45)37(39)43)26-19-23(7-3)32(24(8-4)20-26)40(56(52,53)54)30-16-12-10-14-28(30)34(42)36(48-46)38(40)44/h9-20,37-38,45-46H,5-8,41-44H2,1-4H3,(H,49,50,51)(H,52,53,54)/b47-45+,48-46+. The van der Waals surface area contributed by atoms with Crippen molar-refractivity contribution >= 4 is 31.6 Å². The first kappa shape index (κ1) is 37.8. The fraction of sp³-hybridized carbons (Fsp3) is 0.300. The number of nitrogens with two attached hydrogens (primary N) is 4. The Morgan fingerprint density at radius 2 is 0.929 bits per heavy atom. The van der Waals surface area contributed by atoms with E-state index in [2.05, 4.69) is 21.3 Å². The summed E-state index contributed by atoms with van der Waals surface area (Å²) in [5, 5.41) is 7.69. The van der Waals surface area contributed by atoms with Crippen molar-refractivity contribution < 1.29 is 28.8 Å². The van der Waals surface area contributed by atoms with Crippen LogP contribution < -0.4 is 22.9 Å². The van der Waals surface area contributed by atoms with E-state index in [0.717, 1.165) is 0 Å². The summed E-state index contributed by atoms with van der Waals surface area (Å²) in [6.07, 6.45) is 1.15. The minimum atomic E-state index is -5.13. The Hall–Kier alpha value is -5.10. The molecule has 0 saturated heterocycles. The molecular formula is C40H46N8O6S2. The van der Waals surface area contributed by atoms with E-state index in [1.165, 1.54) is 0 Å². The molecule has 0 radical (unpaired) electrons. The Labute approximate surface area is 329 Å². The van der Waals surface area contributed by atoms with Crippen LogP contribution in [0.4, 0.5) is 0 Å². The number of nitrogens with zero attached hydrogens (tertiary/aromatic N) is 2. The number of rotatable bonds is 11. The molecule has 16 heteroatoms. The number of fused-ring (bicyclic) bond motifs is 2. The molecule has 12 N–H and O–H groups in total. The van der Waals surface area contributed by atoms with E-state index in [4.69, 9.17) is 25.8 Å². The summed E-state index contributed by atoms with van der Waals surface area (Å²) >= 11 is 0. The number of hydrogen-bond acceptors (Lipinski definition) is 12. The zero-order valence-electron chi connectivity index (χ0n) is 33.4. The first-order chi connectivity index (χ1) is 27.5. The maximum Gasteiger partial charge on any atom is 0.281 e. The largest absolute Gasteiger partial charge is 0.397 e. The average molecular weight is 799 g/mol. The van der Waals surface area contributed by atoms with Gasteiger partial charge in [-0.05, 0) is 81.3 Å². The summed E-state index contributed by atoms with van der Waals surface area (Å²) in [4.78, 5) is 0. The van der Waals surface area contributed by atoms with Crippen molar-refractivity contribution in [3.05, 3.63) is 140 Å². The molecule has 0 saturated carbocycles. The average Bonchev–Trinajstić information content (AvgIpc) is 3.20. The van der Waals surface area contributed by atoms with Crippen LogP contribution >= 0.6 is 0 Å². The monoisotopic (exact) mass is 798 g/mol. The number of hydrogen-bond donors (Lipinski definition) is 8. The van der Waals surface area contributed by atoms with Gasteiger partial charge in [-0.3, -0.25) is 9.11 Å². The van der Waals surface area contributed by atoms with Crippen molar-refractivity contribution in [1.82, 2.24) is 0 Å². The minimum Gasteiger partial charge on any atom is -0.397 e. The second-order valence-electron chi connectivity index (χ2n) is 14.0. The molecule has 6 rings (SSSR count). The van der Waals surface area contributed by atoms with Gasteiger partial charge in [0.1, 0.15) is 11.4 Å². The molecule has 4 atom stereocenters. The van der Waals surface area contributed by atoms with Gasteiger partial charge in [0.25, 0.3) is 20.2 Å². The second kappa shape index (κ2) is 14.4. The molecule has 4 unspecified atom stereocenters. The van der Waals surface area contributed by atoms with E-state index in [-0.39, 0.29) is 81.9 Å². The highest BCUT2D eigenvalue weighted by Gasteiger charge is 2.60. The van der Waals surface area contributed by atoms with Gasteiger partial charge in [-0.25, -0.2) is 11.0 Å². The molecule has 14 nitrogen and oxygen atoms in total. The van der Waals surface area contributed by atoms with Gasteiger partial charge >= 0.3 is 0 Å². The SMILES string of the molecule is [H]/N=N/C1=C(N)c2ccccc2C(c2c(CC)cc(-c3cc(CC)c(C4(S(=O)(=O)O)c5ccccc5C(N)=C(/N=N/[H])C4N)c(CC)c3)cc2CC)(S(=O)(=O)O)C1N. The van der Waals surface area contributed by atoms with Crippen LogP contribution in [0, 0.1) is 11.0 Å². The van der Waals surface area contributed by atoms with Crippen LogP contribution in [0.5, 0.6) is 0 Å². The van der Waals surface area contributed by atoms with E-state index in [1.807, 2.05) is 52.0 Å². The maximum atomic E-state index is 14.1. The van der Waals surface area contributed by atoms with Crippen molar-refractivity contribution in [1.29, 1.82) is 11.0 Å². The summed E-state index contributed by atoms with van der Waals surface area (Å²) in [6, 6.07) is 17.0. The van der Waals surface area contributed by atoms with Gasteiger partial charge < -0.3 is 22.9 Å². The molecule has 0 fully saturated rings. The summed E-state index contributed by atoms with van der Waals surface area (Å²) < 4.78 is 89.4. The van der Waals surface area contributed by atoms with Gasteiger partial charge in [0.2, 0.25) is 2.82 Å². The second-order valence-corrected chi connectivity index (χ2v) is 17.2. The van der Waals surface area contributed by atoms with Gasteiger partial charge in [-0.1, -0.05) is 100 Å². The number of nitrogens with one attached hydrogen (secondary N) is 2. The normalized spacial score (nSPS) is 23.4. The molecule has 2 aliphatic carbocycles. The van der Waals surface area contributed by atoms with Crippen LogP contribution in [0.25, 0.3) is 22.5 Å². The highest BCUT2D eigenvalue weighted by Crippen LogP contribution is 2.53. The van der Waals surface area contributed by atoms with Crippen molar-refractivity contribution in [2.24, 2.45) is 33.2 Å². The lowest BCUT2D eigenvalue weighted by atomic mass is 9.71. The predicted molar refractivity (Wildman–Crippen MR) is 215 cm³/mol. The lowest BCUT2D eigenvalue weighted by Crippen LogP contribution is -2.56. The molecule has 0 amide bonds. The number of benzene rings is 4. The van der Waals surface area contributed by atoms with Crippen LogP contribution in [0.2, 0.25) is 2.82 Å². The topological polar surface area (TPSA) is 285 Å². The van der Waals surface area contributed by atoms with Crippen LogP contribution in [-0.2, 0) is 55.4 Å². The van der Waals surface area contributed by atoms with Gasteiger partial charge in [0.15, 0.2) is 9.49 Å². The Morgan fingerprint density at radius 1 is 0.625 bits per heavy atom. The maximum absolute atomic E-state index is 14.1. The Bertz CT molecular complexity index is 2450. The van der Waals surface area contributed by atoms with Gasteiger partial charge in [-0.15, -0.1) is 0 Å². The molecule has 4 aromatic carbocycles. The lowest BCUT2D eigenvalue weighted by molar-refractivity contribution is 0.420. The molecule has 0 heterocycles.